The molecule has 1 aromatic heterocycles. The number of nitrogens with one attached hydrogen (secondary N) is 1. The van der Waals surface area contributed by atoms with Gasteiger partial charge in [0.15, 0.2) is 5.82 Å². The summed E-state index contributed by atoms with van der Waals surface area (Å²) in [5.74, 6) is 0.961. The minimum absolute atomic E-state index is 0.545. The summed E-state index contributed by atoms with van der Waals surface area (Å²) in [5, 5.41) is 11.9. The van der Waals surface area contributed by atoms with Gasteiger partial charge in [0.05, 0.1) is 5.69 Å². The van der Waals surface area contributed by atoms with E-state index < -0.39 is 0 Å². The quantitative estimate of drug-likeness (QED) is 0.720. The van der Waals surface area contributed by atoms with Crippen molar-refractivity contribution in [3.05, 3.63) is 17.8 Å². The van der Waals surface area contributed by atoms with Crippen LogP contribution in [0.5, 0.6) is 0 Å². The summed E-state index contributed by atoms with van der Waals surface area (Å²) in [4.78, 5) is 2.22. The van der Waals surface area contributed by atoms with Crippen LogP contribution in [0.3, 0.4) is 0 Å². The van der Waals surface area contributed by atoms with Crippen LogP contribution in [0, 0.1) is 0 Å². The van der Waals surface area contributed by atoms with E-state index in [0.29, 0.717) is 6.04 Å². The molecule has 0 radical (unpaired) electrons. The predicted molar refractivity (Wildman–Crippen MR) is 76.8 cm³/mol. The highest BCUT2D eigenvalue weighted by atomic mass is 15.3. The number of hydrogen-bond acceptors (Lipinski definition) is 4. The molecular formula is C14H26N4. The number of anilines is 1. The van der Waals surface area contributed by atoms with Gasteiger partial charge >= 0.3 is 0 Å². The van der Waals surface area contributed by atoms with E-state index in [2.05, 4.69) is 60.4 Å². The van der Waals surface area contributed by atoms with E-state index in [4.69, 9.17) is 0 Å². The molecule has 1 heterocycles. The van der Waals surface area contributed by atoms with E-state index in [1.165, 1.54) is 0 Å². The van der Waals surface area contributed by atoms with E-state index in [0.717, 1.165) is 43.9 Å². The topological polar surface area (TPSA) is 41.0 Å². The highest BCUT2D eigenvalue weighted by molar-refractivity contribution is 5.37. The Morgan fingerprint density at radius 3 is 2.39 bits per heavy atom. The zero-order chi connectivity index (χ0) is 13.4. The molecule has 102 valence electrons. The van der Waals surface area contributed by atoms with Crippen molar-refractivity contribution in [2.75, 3.05) is 18.5 Å². The Hall–Kier alpha value is -1.16. The van der Waals surface area contributed by atoms with E-state index in [-0.39, 0.29) is 0 Å². The van der Waals surface area contributed by atoms with Crippen molar-refractivity contribution in [2.24, 2.45) is 0 Å². The third-order valence-corrected chi connectivity index (χ3v) is 3.29. The molecule has 0 saturated heterocycles. The highest BCUT2D eigenvalue weighted by Crippen LogP contribution is 2.15. The first-order valence-corrected chi connectivity index (χ1v) is 6.99. The van der Waals surface area contributed by atoms with Crippen LogP contribution in [0.1, 0.15) is 45.7 Å². The summed E-state index contributed by atoms with van der Waals surface area (Å²) < 4.78 is 0. The first-order valence-electron chi connectivity index (χ1n) is 6.99. The lowest BCUT2D eigenvalue weighted by Crippen LogP contribution is -2.31. The fraction of sp³-hybridized carbons (Fsp3) is 0.714. The molecule has 0 amide bonds. The Balaban J connectivity index is 2.58. The van der Waals surface area contributed by atoms with Crippen molar-refractivity contribution < 1.29 is 0 Å². The molecule has 1 rings (SSSR count). The van der Waals surface area contributed by atoms with Crippen LogP contribution in [-0.4, -0.2) is 29.8 Å². The van der Waals surface area contributed by atoms with Gasteiger partial charge in [-0.25, -0.2) is 0 Å². The highest BCUT2D eigenvalue weighted by Gasteiger charge is 2.12. The Morgan fingerprint density at radius 2 is 1.89 bits per heavy atom. The van der Waals surface area contributed by atoms with Gasteiger partial charge in [-0.3, -0.25) is 0 Å². The average molecular weight is 250 g/mol. The van der Waals surface area contributed by atoms with E-state index in [1.807, 2.05) is 0 Å². The molecule has 1 aromatic rings. The summed E-state index contributed by atoms with van der Waals surface area (Å²) in [7, 11) is 2.09. The second-order valence-corrected chi connectivity index (χ2v) is 4.64. The van der Waals surface area contributed by atoms with Gasteiger partial charge in [-0.1, -0.05) is 20.8 Å². The molecule has 0 aliphatic rings. The summed E-state index contributed by atoms with van der Waals surface area (Å²) >= 11 is 0. The molecule has 0 aliphatic heterocycles. The molecule has 0 aliphatic carbocycles. The second kappa shape index (κ2) is 8.03. The Morgan fingerprint density at radius 1 is 1.17 bits per heavy atom. The third kappa shape index (κ3) is 4.26. The zero-order valence-corrected chi connectivity index (χ0v) is 12.1. The minimum Gasteiger partial charge on any atom is -0.355 e. The van der Waals surface area contributed by atoms with Crippen molar-refractivity contribution in [3.8, 4) is 0 Å². The maximum Gasteiger partial charge on any atom is 0.151 e. The van der Waals surface area contributed by atoms with Crippen molar-refractivity contribution in [1.82, 2.24) is 15.5 Å². The molecule has 0 saturated carbocycles. The van der Waals surface area contributed by atoms with Crippen LogP contribution in [-0.2, 0) is 6.54 Å². The summed E-state index contributed by atoms with van der Waals surface area (Å²) in [6.07, 6.45) is 3.41. The first-order chi connectivity index (χ1) is 8.72. The molecule has 1 N–H and O–H groups in total. The Kier molecular flexibility index (Phi) is 6.65. The molecule has 0 aromatic carbocycles. The summed E-state index contributed by atoms with van der Waals surface area (Å²) in [6.45, 7) is 8.40. The molecule has 0 unspecified atom stereocenters. The van der Waals surface area contributed by atoms with Crippen LogP contribution in [0.4, 0.5) is 5.82 Å². The van der Waals surface area contributed by atoms with E-state index in [1.54, 1.807) is 0 Å². The smallest absolute Gasteiger partial charge is 0.151 e. The molecule has 4 nitrogen and oxygen atoms in total. The van der Waals surface area contributed by atoms with Crippen LogP contribution < -0.4 is 10.2 Å². The lowest BCUT2D eigenvalue weighted by atomic mass is 10.1. The van der Waals surface area contributed by atoms with Crippen LogP contribution in [0.2, 0.25) is 0 Å². The zero-order valence-electron chi connectivity index (χ0n) is 12.1. The van der Waals surface area contributed by atoms with Crippen molar-refractivity contribution in [3.63, 3.8) is 0 Å². The minimum atomic E-state index is 0.545. The molecule has 0 fully saturated rings. The van der Waals surface area contributed by atoms with Gasteiger partial charge in [-0.2, -0.15) is 5.10 Å². The Bertz CT molecular complexity index is 319. The fourth-order valence-electron chi connectivity index (χ4n) is 2.05. The average Bonchev–Trinajstić information content (AvgIpc) is 2.41. The monoisotopic (exact) mass is 250 g/mol. The number of rotatable bonds is 8. The van der Waals surface area contributed by atoms with Crippen LogP contribution in [0.15, 0.2) is 12.1 Å². The van der Waals surface area contributed by atoms with Crippen molar-refractivity contribution in [1.29, 1.82) is 0 Å². The SMILES string of the molecule is CCCNCc1ccc(N(C)C(CC)CC)nn1. The van der Waals surface area contributed by atoms with Gasteiger partial charge in [-0.05, 0) is 37.9 Å². The molecule has 0 spiro atoms. The maximum atomic E-state index is 4.31. The van der Waals surface area contributed by atoms with Crippen molar-refractivity contribution in [2.45, 2.75) is 52.6 Å². The number of nitrogens with zero attached hydrogens (tertiary/aromatic N) is 3. The van der Waals surface area contributed by atoms with Gasteiger partial charge < -0.3 is 10.2 Å². The van der Waals surface area contributed by atoms with Crippen LogP contribution in [0.25, 0.3) is 0 Å². The van der Waals surface area contributed by atoms with Gasteiger partial charge in [-0.15, -0.1) is 5.10 Å². The second-order valence-electron chi connectivity index (χ2n) is 4.64. The normalized spacial score (nSPS) is 10.9. The van der Waals surface area contributed by atoms with E-state index in [9.17, 15) is 0 Å². The molecule has 4 heteroatoms. The standard InChI is InChI=1S/C14H26N4/c1-5-10-15-11-12-8-9-14(17-16-12)18(4)13(6-2)7-3/h8-9,13,15H,5-7,10-11H2,1-4H3. The molecule has 0 atom stereocenters. The Labute approximate surface area is 111 Å². The van der Waals surface area contributed by atoms with Gasteiger partial charge in [0.25, 0.3) is 0 Å². The number of aromatic nitrogens is 2. The lowest BCUT2D eigenvalue weighted by Gasteiger charge is -2.26. The van der Waals surface area contributed by atoms with Gasteiger partial charge in [0.2, 0.25) is 0 Å². The van der Waals surface area contributed by atoms with Gasteiger partial charge in [0.1, 0.15) is 0 Å². The first kappa shape index (κ1) is 14.9. The molecule has 0 bridgehead atoms. The van der Waals surface area contributed by atoms with Gasteiger partial charge in [0, 0.05) is 19.6 Å². The van der Waals surface area contributed by atoms with Crippen LogP contribution >= 0.6 is 0 Å². The lowest BCUT2D eigenvalue weighted by molar-refractivity contribution is 0.582. The molecular weight excluding hydrogens is 224 g/mol. The fourth-order valence-corrected chi connectivity index (χ4v) is 2.05. The third-order valence-electron chi connectivity index (χ3n) is 3.29. The van der Waals surface area contributed by atoms with Crippen molar-refractivity contribution >= 4 is 5.82 Å². The van der Waals surface area contributed by atoms with E-state index >= 15 is 0 Å². The predicted octanol–water partition coefficient (Wildman–Crippen LogP) is 2.60. The largest absolute Gasteiger partial charge is 0.355 e. The summed E-state index contributed by atoms with van der Waals surface area (Å²) in [5.41, 5.74) is 1.00. The maximum absolute atomic E-state index is 4.31. The summed E-state index contributed by atoms with van der Waals surface area (Å²) in [6, 6.07) is 4.67. The number of hydrogen-bond donors (Lipinski definition) is 1. The molecule has 18 heavy (non-hydrogen) atoms.